The molecule has 1 heteroatoms. The summed E-state index contributed by atoms with van der Waals surface area (Å²) in [5.74, 6) is 0.773. The van der Waals surface area contributed by atoms with Crippen LogP contribution in [0.3, 0.4) is 0 Å². The Balaban J connectivity index is 2.13. The van der Waals surface area contributed by atoms with Crippen LogP contribution in [0, 0.1) is 5.41 Å². The van der Waals surface area contributed by atoms with E-state index in [0.29, 0.717) is 5.41 Å². The molecule has 1 aromatic heterocycles. The molecule has 0 bridgehead atoms. The first-order valence-corrected chi connectivity index (χ1v) is 5.49. The summed E-state index contributed by atoms with van der Waals surface area (Å²) in [5, 5.41) is 0. The maximum absolute atomic E-state index is 4.43. The summed E-state index contributed by atoms with van der Waals surface area (Å²) in [6, 6.07) is 4.44. The molecule has 1 heterocycles. The second kappa shape index (κ2) is 3.38. The van der Waals surface area contributed by atoms with Crippen LogP contribution in [-0.2, 0) is 6.42 Å². The lowest BCUT2D eigenvalue weighted by Crippen LogP contribution is -2.09. The average Bonchev–Trinajstić information content (AvgIpc) is 2.83. The van der Waals surface area contributed by atoms with Crippen LogP contribution in [-0.4, -0.2) is 4.98 Å². The molecule has 1 aromatic rings. The molecule has 1 nitrogen and oxygen atoms in total. The van der Waals surface area contributed by atoms with Gasteiger partial charge in [-0.2, -0.15) is 0 Å². The predicted octanol–water partition coefficient (Wildman–Crippen LogP) is 3.55. The molecule has 76 valence electrons. The van der Waals surface area contributed by atoms with E-state index >= 15 is 0 Å². The zero-order valence-electron chi connectivity index (χ0n) is 9.38. The number of aromatic nitrogens is 1. The van der Waals surface area contributed by atoms with Gasteiger partial charge in [0.05, 0.1) is 0 Å². The zero-order chi connectivity index (χ0) is 10.2. The first-order valence-electron chi connectivity index (χ1n) is 5.49. The van der Waals surface area contributed by atoms with Gasteiger partial charge in [0.15, 0.2) is 0 Å². The van der Waals surface area contributed by atoms with Gasteiger partial charge in [0.1, 0.15) is 0 Å². The van der Waals surface area contributed by atoms with Gasteiger partial charge in [0.2, 0.25) is 0 Å². The van der Waals surface area contributed by atoms with Crippen LogP contribution in [0.4, 0.5) is 0 Å². The molecule has 0 amide bonds. The normalized spacial score (nSPS) is 17.1. The first kappa shape index (κ1) is 9.70. The fraction of sp³-hybridized carbons (Fsp3) is 0.615. The number of pyridine rings is 1. The summed E-state index contributed by atoms with van der Waals surface area (Å²) in [5.41, 5.74) is 3.13. The lowest BCUT2D eigenvalue weighted by atomic mass is 9.88. The molecule has 1 fully saturated rings. The van der Waals surface area contributed by atoms with Crippen molar-refractivity contribution in [3.8, 4) is 0 Å². The lowest BCUT2D eigenvalue weighted by Gasteiger charge is -2.18. The summed E-state index contributed by atoms with van der Waals surface area (Å²) in [6.07, 6.45) is 5.79. The van der Waals surface area contributed by atoms with Crippen molar-refractivity contribution in [1.82, 2.24) is 4.98 Å². The highest BCUT2D eigenvalue weighted by Gasteiger charge is 2.25. The van der Waals surface area contributed by atoms with E-state index in [1.54, 1.807) is 0 Å². The lowest BCUT2D eigenvalue weighted by molar-refractivity contribution is 0.411. The van der Waals surface area contributed by atoms with Crippen LogP contribution in [0.25, 0.3) is 0 Å². The van der Waals surface area contributed by atoms with Crippen LogP contribution in [0.15, 0.2) is 18.3 Å². The molecule has 0 spiro atoms. The van der Waals surface area contributed by atoms with E-state index in [-0.39, 0.29) is 0 Å². The van der Waals surface area contributed by atoms with Gasteiger partial charge in [0.25, 0.3) is 0 Å². The number of rotatable bonds is 2. The van der Waals surface area contributed by atoms with Crippen molar-refractivity contribution in [2.45, 2.75) is 46.0 Å². The first-order chi connectivity index (χ1) is 6.54. The van der Waals surface area contributed by atoms with E-state index in [1.165, 1.54) is 24.1 Å². The maximum Gasteiger partial charge on any atom is 0.0437 e. The van der Waals surface area contributed by atoms with Crippen molar-refractivity contribution in [2.24, 2.45) is 5.41 Å². The summed E-state index contributed by atoms with van der Waals surface area (Å²) in [4.78, 5) is 4.43. The molecule has 1 aliphatic carbocycles. The molecule has 0 N–H and O–H groups in total. The second-order valence-electron chi connectivity index (χ2n) is 5.60. The summed E-state index contributed by atoms with van der Waals surface area (Å²) >= 11 is 0. The molecule has 1 aliphatic rings. The van der Waals surface area contributed by atoms with Crippen molar-refractivity contribution in [3.63, 3.8) is 0 Å². The van der Waals surface area contributed by atoms with Gasteiger partial charge in [-0.05, 0) is 42.4 Å². The highest BCUT2D eigenvalue weighted by atomic mass is 14.7. The van der Waals surface area contributed by atoms with E-state index < -0.39 is 0 Å². The fourth-order valence-corrected chi connectivity index (χ4v) is 1.82. The summed E-state index contributed by atoms with van der Waals surface area (Å²) in [7, 11) is 0. The summed E-state index contributed by atoms with van der Waals surface area (Å²) < 4.78 is 0. The molecule has 1 saturated carbocycles. The topological polar surface area (TPSA) is 12.9 Å². The van der Waals surface area contributed by atoms with Gasteiger partial charge in [0, 0.05) is 17.8 Å². The minimum atomic E-state index is 0.377. The Hall–Kier alpha value is -0.850. The van der Waals surface area contributed by atoms with Crippen molar-refractivity contribution in [1.29, 1.82) is 0 Å². The van der Waals surface area contributed by atoms with E-state index in [9.17, 15) is 0 Å². The largest absolute Gasteiger partial charge is 0.261 e. The molecule has 0 atom stereocenters. The Labute approximate surface area is 86.6 Å². The van der Waals surface area contributed by atoms with Crippen molar-refractivity contribution < 1.29 is 0 Å². The average molecular weight is 189 g/mol. The third-order valence-corrected chi connectivity index (χ3v) is 2.58. The number of hydrogen-bond acceptors (Lipinski definition) is 1. The predicted molar refractivity (Wildman–Crippen MR) is 59.4 cm³/mol. The van der Waals surface area contributed by atoms with Crippen LogP contribution >= 0.6 is 0 Å². The number of nitrogens with zero attached hydrogens (tertiary/aromatic N) is 1. The highest BCUT2D eigenvalue weighted by molar-refractivity contribution is 5.22. The Bertz CT molecular complexity index is 318. The Morgan fingerprint density at radius 2 is 2.07 bits per heavy atom. The van der Waals surface area contributed by atoms with Gasteiger partial charge < -0.3 is 0 Å². The summed E-state index contributed by atoms with van der Waals surface area (Å²) in [6.45, 7) is 6.85. The Kier molecular flexibility index (Phi) is 2.34. The second-order valence-corrected chi connectivity index (χ2v) is 5.60. The molecule has 2 rings (SSSR count). The van der Waals surface area contributed by atoms with Gasteiger partial charge in [-0.1, -0.05) is 20.8 Å². The molecule has 0 aliphatic heterocycles. The van der Waals surface area contributed by atoms with Crippen LogP contribution in [0.5, 0.6) is 0 Å². The zero-order valence-corrected chi connectivity index (χ0v) is 9.38. The Morgan fingerprint density at radius 1 is 1.36 bits per heavy atom. The Morgan fingerprint density at radius 3 is 2.64 bits per heavy atom. The standard InChI is InChI=1S/C13H19N/c1-13(2,3)9-10-6-7-14-12(8-10)11-4-5-11/h6-8,11H,4-5,9H2,1-3H3. The SMILES string of the molecule is CC(C)(C)Cc1ccnc(C2CC2)c1. The van der Waals surface area contributed by atoms with Gasteiger partial charge in [-0.3, -0.25) is 4.98 Å². The van der Waals surface area contributed by atoms with E-state index in [1.807, 2.05) is 6.20 Å². The van der Waals surface area contributed by atoms with E-state index in [4.69, 9.17) is 0 Å². The van der Waals surface area contributed by atoms with Crippen LogP contribution in [0.1, 0.15) is 50.8 Å². The number of hydrogen-bond donors (Lipinski definition) is 0. The van der Waals surface area contributed by atoms with Crippen molar-refractivity contribution >= 4 is 0 Å². The third-order valence-electron chi connectivity index (χ3n) is 2.58. The molecule has 0 unspecified atom stereocenters. The van der Waals surface area contributed by atoms with Crippen molar-refractivity contribution in [3.05, 3.63) is 29.6 Å². The highest BCUT2D eigenvalue weighted by Crippen LogP contribution is 2.39. The quantitative estimate of drug-likeness (QED) is 0.693. The van der Waals surface area contributed by atoms with Crippen LogP contribution < -0.4 is 0 Å². The fourth-order valence-electron chi connectivity index (χ4n) is 1.82. The van der Waals surface area contributed by atoms with Gasteiger partial charge in [-0.15, -0.1) is 0 Å². The van der Waals surface area contributed by atoms with Crippen molar-refractivity contribution in [2.75, 3.05) is 0 Å². The smallest absolute Gasteiger partial charge is 0.0437 e. The maximum atomic E-state index is 4.43. The molecular formula is C13H19N. The van der Waals surface area contributed by atoms with Crippen LogP contribution in [0.2, 0.25) is 0 Å². The molecule has 0 aromatic carbocycles. The molecule has 0 radical (unpaired) electrons. The van der Waals surface area contributed by atoms with E-state index in [2.05, 4.69) is 37.9 Å². The monoisotopic (exact) mass is 189 g/mol. The minimum Gasteiger partial charge on any atom is -0.261 e. The van der Waals surface area contributed by atoms with Gasteiger partial charge >= 0.3 is 0 Å². The van der Waals surface area contributed by atoms with E-state index in [0.717, 1.165) is 12.3 Å². The minimum absolute atomic E-state index is 0.377. The third kappa shape index (κ3) is 2.57. The molecule has 14 heavy (non-hydrogen) atoms. The molecule has 0 saturated heterocycles. The molecular weight excluding hydrogens is 170 g/mol. The van der Waals surface area contributed by atoms with Gasteiger partial charge in [-0.25, -0.2) is 0 Å².